The van der Waals surface area contributed by atoms with Crippen LogP contribution < -0.4 is 0 Å². The Morgan fingerprint density at radius 1 is 1.23 bits per heavy atom. The van der Waals surface area contributed by atoms with Gasteiger partial charge in [-0.05, 0) is 12.5 Å². The molecule has 0 aromatic heterocycles. The van der Waals surface area contributed by atoms with Crippen LogP contribution >= 0.6 is 11.6 Å². The minimum Gasteiger partial charge on any atom is -0.264 e. The van der Waals surface area contributed by atoms with Gasteiger partial charge in [0.05, 0.1) is 0 Å². The fourth-order valence-corrected chi connectivity index (χ4v) is 0.484. The van der Waals surface area contributed by atoms with Gasteiger partial charge < -0.3 is 0 Å². The second-order valence-electron chi connectivity index (χ2n) is 2.00. The molecule has 0 N–H and O–H groups in total. The third-order valence-electron chi connectivity index (χ3n) is 0.965. The SMILES string of the molecule is C=CC=N/C=C(C)\C=C\C=C.CCl. The third-order valence-corrected chi connectivity index (χ3v) is 0.965. The summed E-state index contributed by atoms with van der Waals surface area (Å²) in [4.78, 5) is 3.95. The van der Waals surface area contributed by atoms with Crippen LogP contribution in [-0.2, 0) is 0 Å². The number of hydrogen-bond acceptors (Lipinski definition) is 1. The first-order chi connectivity index (χ1) is 6.31. The molecule has 72 valence electrons. The predicted molar refractivity (Wildman–Crippen MR) is 63.6 cm³/mol. The van der Waals surface area contributed by atoms with Gasteiger partial charge in [0.15, 0.2) is 0 Å². The van der Waals surface area contributed by atoms with E-state index in [1.807, 2.05) is 19.1 Å². The molecule has 0 unspecified atom stereocenters. The van der Waals surface area contributed by atoms with E-state index in [2.05, 4.69) is 29.8 Å². The van der Waals surface area contributed by atoms with E-state index < -0.39 is 0 Å². The number of nitrogens with zero attached hydrogens (tertiary/aromatic N) is 1. The van der Waals surface area contributed by atoms with Crippen LogP contribution in [0.4, 0.5) is 0 Å². The number of alkyl halides is 1. The lowest BCUT2D eigenvalue weighted by Gasteiger charge is -1.84. The first kappa shape index (κ1) is 14.4. The molecule has 0 aliphatic carbocycles. The average molecular weight is 198 g/mol. The standard InChI is InChI=1S/C10H13N.CH3Cl/c1-4-6-7-10(3)9-11-8-5-2;1-2/h4-9H,1-2H2,3H3;1H3/b7-6+,10-9-,11-8?;. The van der Waals surface area contributed by atoms with Crippen LogP contribution in [0.5, 0.6) is 0 Å². The number of hydrogen-bond donors (Lipinski definition) is 0. The quantitative estimate of drug-likeness (QED) is 0.370. The smallest absolute Gasteiger partial charge is 0.0297 e. The fraction of sp³-hybridized carbons (Fsp3) is 0.182. The van der Waals surface area contributed by atoms with Crippen molar-refractivity contribution in [3.05, 3.63) is 49.2 Å². The highest BCUT2D eigenvalue weighted by Crippen LogP contribution is 1.94. The largest absolute Gasteiger partial charge is 0.264 e. The molecular formula is C11H16ClN. The molecular weight excluding hydrogens is 182 g/mol. The lowest BCUT2D eigenvalue weighted by molar-refractivity contribution is 1.43. The summed E-state index contributed by atoms with van der Waals surface area (Å²) in [6, 6.07) is 0. The van der Waals surface area contributed by atoms with Gasteiger partial charge in [0, 0.05) is 18.8 Å². The Morgan fingerprint density at radius 3 is 2.31 bits per heavy atom. The van der Waals surface area contributed by atoms with Crippen molar-refractivity contribution in [3.63, 3.8) is 0 Å². The van der Waals surface area contributed by atoms with Gasteiger partial charge in [0.2, 0.25) is 0 Å². The second kappa shape index (κ2) is 13.5. The molecule has 1 nitrogen and oxygen atoms in total. The van der Waals surface area contributed by atoms with E-state index in [0.29, 0.717) is 0 Å². The minimum atomic E-state index is 1.09. The van der Waals surface area contributed by atoms with Gasteiger partial charge in [-0.2, -0.15) is 0 Å². The van der Waals surface area contributed by atoms with E-state index in [-0.39, 0.29) is 0 Å². The Morgan fingerprint density at radius 2 is 1.85 bits per heavy atom. The van der Waals surface area contributed by atoms with Gasteiger partial charge in [-0.15, -0.1) is 11.6 Å². The van der Waals surface area contributed by atoms with Crippen LogP contribution in [0.15, 0.2) is 54.2 Å². The Kier molecular flexibility index (Phi) is 15.0. The number of allylic oxidation sites excluding steroid dienone is 5. The molecule has 0 saturated carbocycles. The zero-order chi connectivity index (χ0) is 10.5. The highest BCUT2D eigenvalue weighted by atomic mass is 35.5. The van der Waals surface area contributed by atoms with Crippen molar-refractivity contribution >= 4 is 17.8 Å². The molecule has 0 radical (unpaired) electrons. The van der Waals surface area contributed by atoms with Gasteiger partial charge >= 0.3 is 0 Å². The van der Waals surface area contributed by atoms with Crippen LogP contribution in [-0.4, -0.2) is 12.6 Å². The summed E-state index contributed by atoms with van der Waals surface area (Å²) in [7, 11) is 0. The van der Waals surface area contributed by atoms with Gasteiger partial charge in [-0.3, -0.25) is 4.99 Å². The molecule has 0 aromatic rings. The molecule has 0 amide bonds. The van der Waals surface area contributed by atoms with Crippen LogP contribution in [0.25, 0.3) is 0 Å². The zero-order valence-corrected chi connectivity index (χ0v) is 8.96. The summed E-state index contributed by atoms with van der Waals surface area (Å²) in [6.07, 6.45) is 12.1. The van der Waals surface area contributed by atoms with Gasteiger partial charge in [0.1, 0.15) is 0 Å². The fourth-order valence-electron chi connectivity index (χ4n) is 0.484. The molecule has 0 atom stereocenters. The Balaban J connectivity index is 0. The first-order valence-corrected chi connectivity index (χ1v) is 4.54. The topological polar surface area (TPSA) is 12.4 Å². The molecule has 0 aliphatic heterocycles. The zero-order valence-electron chi connectivity index (χ0n) is 8.20. The van der Waals surface area contributed by atoms with E-state index in [4.69, 9.17) is 0 Å². The van der Waals surface area contributed by atoms with Crippen LogP contribution in [0.2, 0.25) is 0 Å². The number of aliphatic imine (C=N–C) groups is 1. The molecule has 0 rings (SSSR count). The summed E-state index contributed by atoms with van der Waals surface area (Å²) < 4.78 is 0. The lowest BCUT2D eigenvalue weighted by atomic mass is 10.3. The maximum atomic E-state index is 4.64. The van der Waals surface area contributed by atoms with Crippen molar-refractivity contribution in [2.24, 2.45) is 4.99 Å². The summed E-state index contributed by atoms with van der Waals surface area (Å²) in [5.41, 5.74) is 1.09. The molecule has 0 bridgehead atoms. The summed E-state index contributed by atoms with van der Waals surface area (Å²) in [5, 5.41) is 0. The van der Waals surface area contributed by atoms with Crippen LogP contribution in [0.1, 0.15) is 6.92 Å². The van der Waals surface area contributed by atoms with E-state index in [1.165, 1.54) is 6.38 Å². The third kappa shape index (κ3) is 13.9. The molecule has 0 fully saturated rings. The monoisotopic (exact) mass is 197 g/mol. The van der Waals surface area contributed by atoms with Crippen LogP contribution in [0.3, 0.4) is 0 Å². The number of halogens is 1. The van der Waals surface area contributed by atoms with E-state index >= 15 is 0 Å². The Labute approximate surface area is 85.8 Å². The van der Waals surface area contributed by atoms with Crippen molar-refractivity contribution in [1.82, 2.24) is 0 Å². The van der Waals surface area contributed by atoms with Gasteiger partial charge in [-0.25, -0.2) is 0 Å². The first-order valence-electron chi connectivity index (χ1n) is 3.79. The molecule has 0 aromatic carbocycles. The summed E-state index contributed by atoms with van der Waals surface area (Å²) in [6.45, 7) is 9.04. The van der Waals surface area contributed by atoms with Crippen molar-refractivity contribution in [2.45, 2.75) is 6.92 Å². The highest BCUT2D eigenvalue weighted by Gasteiger charge is 1.74. The molecule has 0 saturated heterocycles. The lowest BCUT2D eigenvalue weighted by Crippen LogP contribution is -1.65. The maximum absolute atomic E-state index is 4.64. The van der Waals surface area contributed by atoms with Crippen molar-refractivity contribution in [2.75, 3.05) is 6.38 Å². The number of rotatable bonds is 4. The van der Waals surface area contributed by atoms with E-state index in [9.17, 15) is 0 Å². The van der Waals surface area contributed by atoms with Crippen molar-refractivity contribution in [3.8, 4) is 0 Å². The minimum absolute atomic E-state index is 1.09. The molecule has 0 spiro atoms. The van der Waals surface area contributed by atoms with E-state index in [0.717, 1.165) is 5.57 Å². The molecule has 0 aliphatic rings. The molecule has 0 heterocycles. The normalized spacial score (nSPS) is 11.2. The van der Waals surface area contributed by atoms with Gasteiger partial charge in [0.25, 0.3) is 0 Å². The van der Waals surface area contributed by atoms with E-state index in [1.54, 1.807) is 24.6 Å². The average Bonchev–Trinajstić information content (AvgIpc) is 2.18. The molecule has 13 heavy (non-hydrogen) atoms. The Hall–Kier alpha value is -1.08. The van der Waals surface area contributed by atoms with Crippen LogP contribution in [0, 0.1) is 0 Å². The summed E-state index contributed by atoms with van der Waals surface area (Å²) >= 11 is 4.64. The predicted octanol–water partition coefficient (Wildman–Crippen LogP) is 3.74. The summed E-state index contributed by atoms with van der Waals surface area (Å²) in [5.74, 6) is 0. The highest BCUT2D eigenvalue weighted by molar-refractivity contribution is 6.15. The van der Waals surface area contributed by atoms with Crippen molar-refractivity contribution in [1.29, 1.82) is 0 Å². The van der Waals surface area contributed by atoms with Gasteiger partial charge in [-0.1, -0.05) is 37.5 Å². The molecule has 2 heteroatoms. The Bertz CT molecular complexity index is 212. The maximum Gasteiger partial charge on any atom is 0.0297 e. The van der Waals surface area contributed by atoms with Crippen molar-refractivity contribution < 1.29 is 0 Å². The second-order valence-corrected chi connectivity index (χ2v) is 2.00.